The second-order valence-electron chi connectivity index (χ2n) is 5.51. The van der Waals surface area contributed by atoms with Gasteiger partial charge in [-0.1, -0.05) is 17.7 Å². The molecule has 1 N–H and O–H groups in total. The molecule has 0 unspecified atom stereocenters. The van der Waals surface area contributed by atoms with Crippen LogP contribution < -0.4 is 10.2 Å². The Morgan fingerprint density at radius 1 is 1.14 bits per heavy atom. The maximum absolute atomic E-state index is 12.0. The number of anilines is 1. The monoisotopic (exact) mass is 307 g/mol. The third-order valence-electron chi connectivity index (χ3n) is 3.85. The van der Waals surface area contributed by atoms with Gasteiger partial charge in [-0.25, -0.2) is 0 Å². The molecule has 1 heterocycles. The van der Waals surface area contributed by atoms with Gasteiger partial charge in [0.05, 0.1) is 0 Å². The Labute approximate surface area is 128 Å². The Bertz CT molecular complexity index is 552. The van der Waals surface area contributed by atoms with Crippen LogP contribution in [0.3, 0.4) is 0 Å². The number of nitrogens with one attached hydrogen (secondary N) is 1. The molecule has 2 amide bonds. The summed E-state index contributed by atoms with van der Waals surface area (Å²) in [5.41, 5.74) is 1.05. The van der Waals surface area contributed by atoms with Gasteiger partial charge in [-0.2, -0.15) is 0 Å². The highest BCUT2D eigenvalue weighted by atomic mass is 35.5. The summed E-state index contributed by atoms with van der Waals surface area (Å²) in [6.45, 7) is 2.54. The van der Waals surface area contributed by atoms with Gasteiger partial charge in [0.25, 0.3) is 0 Å². The number of hydrogen-bond acceptors (Lipinski definition) is 3. The van der Waals surface area contributed by atoms with Crippen LogP contribution in [0, 0.1) is 0 Å². The van der Waals surface area contributed by atoms with Crippen molar-refractivity contribution in [3.05, 3.63) is 29.3 Å². The Morgan fingerprint density at radius 3 is 2.48 bits per heavy atom. The molecule has 1 aromatic carbocycles. The average molecular weight is 308 g/mol. The summed E-state index contributed by atoms with van der Waals surface area (Å²) in [4.78, 5) is 27.6. The van der Waals surface area contributed by atoms with Gasteiger partial charge in [0.15, 0.2) is 0 Å². The van der Waals surface area contributed by atoms with Crippen molar-refractivity contribution in [3.8, 4) is 0 Å². The lowest BCUT2D eigenvalue weighted by molar-refractivity contribution is -0.146. The van der Waals surface area contributed by atoms with Crippen LogP contribution in [0.4, 0.5) is 5.69 Å². The van der Waals surface area contributed by atoms with Crippen molar-refractivity contribution < 1.29 is 9.59 Å². The number of hydrogen-bond donors (Lipinski definition) is 1. The lowest BCUT2D eigenvalue weighted by Gasteiger charge is -2.35. The van der Waals surface area contributed by atoms with Crippen molar-refractivity contribution >= 4 is 29.1 Å². The summed E-state index contributed by atoms with van der Waals surface area (Å²) in [6, 6.07) is 7.89. The van der Waals surface area contributed by atoms with E-state index in [0.717, 1.165) is 18.5 Å². The SMILES string of the molecule is O=C(NC1CC1)C(=O)N1CCN(c2cccc(Cl)c2)CC1. The summed E-state index contributed by atoms with van der Waals surface area (Å²) in [6.07, 6.45) is 1.98. The number of nitrogens with zero attached hydrogens (tertiary/aromatic N) is 2. The van der Waals surface area contributed by atoms with E-state index in [9.17, 15) is 9.59 Å². The summed E-state index contributed by atoms with van der Waals surface area (Å²) in [5.74, 6) is -0.874. The summed E-state index contributed by atoms with van der Waals surface area (Å²) in [5, 5.41) is 3.44. The lowest BCUT2D eigenvalue weighted by Crippen LogP contribution is -2.53. The van der Waals surface area contributed by atoms with Gasteiger partial charge in [0.2, 0.25) is 0 Å². The molecule has 21 heavy (non-hydrogen) atoms. The topological polar surface area (TPSA) is 52.7 Å². The van der Waals surface area contributed by atoms with Crippen molar-refractivity contribution in [3.63, 3.8) is 0 Å². The second kappa shape index (κ2) is 5.93. The molecule has 1 saturated heterocycles. The molecule has 0 atom stereocenters. The molecule has 2 aliphatic rings. The van der Waals surface area contributed by atoms with Crippen LogP contribution in [0.25, 0.3) is 0 Å². The minimum absolute atomic E-state index is 0.217. The zero-order valence-electron chi connectivity index (χ0n) is 11.7. The van der Waals surface area contributed by atoms with E-state index in [-0.39, 0.29) is 6.04 Å². The van der Waals surface area contributed by atoms with E-state index < -0.39 is 11.8 Å². The Hall–Kier alpha value is -1.75. The molecular weight excluding hydrogens is 290 g/mol. The Balaban J connectivity index is 1.54. The van der Waals surface area contributed by atoms with Gasteiger partial charge in [0, 0.05) is 42.9 Å². The first-order valence-electron chi connectivity index (χ1n) is 7.24. The van der Waals surface area contributed by atoms with Gasteiger partial charge in [-0.15, -0.1) is 0 Å². The second-order valence-corrected chi connectivity index (χ2v) is 5.94. The number of halogens is 1. The van der Waals surface area contributed by atoms with E-state index >= 15 is 0 Å². The number of carbonyl (C=O) groups is 2. The highest BCUT2D eigenvalue weighted by molar-refractivity contribution is 6.35. The van der Waals surface area contributed by atoms with Crippen LogP contribution in [0.2, 0.25) is 5.02 Å². The predicted octanol–water partition coefficient (Wildman–Crippen LogP) is 1.27. The van der Waals surface area contributed by atoms with Crippen LogP contribution in [0.15, 0.2) is 24.3 Å². The smallest absolute Gasteiger partial charge is 0.312 e. The van der Waals surface area contributed by atoms with E-state index in [2.05, 4.69) is 10.2 Å². The first-order chi connectivity index (χ1) is 10.1. The Morgan fingerprint density at radius 2 is 1.86 bits per heavy atom. The average Bonchev–Trinajstić information content (AvgIpc) is 3.30. The molecule has 1 aromatic rings. The van der Waals surface area contributed by atoms with Gasteiger partial charge < -0.3 is 15.1 Å². The fourth-order valence-electron chi connectivity index (χ4n) is 2.46. The molecule has 1 aliphatic carbocycles. The van der Waals surface area contributed by atoms with Gasteiger partial charge in [-0.3, -0.25) is 9.59 Å². The third kappa shape index (κ3) is 3.47. The zero-order valence-corrected chi connectivity index (χ0v) is 12.5. The molecule has 0 spiro atoms. The van der Waals surface area contributed by atoms with Crippen molar-refractivity contribution in [2.75, 3.05) is 31.1 Å². The number of rotatable bonds is 2. The molecule has 0 bridgehead atoms. The fraction of sp³-hybridized carbons (Fsp3) is 0.467. The van der Waals surface area contributed by atoms with Gasteiger partial charge in [-0.05, 0) is 31.0 Å². The van der Waals surface area contributed by atoms with E-state index in [0.29, 0.717) is 31.2 Å². The molecule has 0 radical (unpaired) electrons. The maximum atomic E-state index is 12.0. The fourth-order valence-corrected chi connectivity index (χ4v) is 2.64. The summed E-state index contributed by atoms with van der Waals surface area (Å²) >= 11 is 5.99. The van der Waals surface area contributed by atoms with Crippen LogP contribution in [-0.4, -0.2) is 48.9 Å². The van der Waals surface area contributed by atoms with Crippen LogP contribution >= 0.6 is 11.6 Å². The molecule has 112 valence electrons. The highest BCUT2D eigenvalue weighted by Crippen LogP contribution is 2.21. The van der Waals surface area contributed by atoms with Crippen LogP contribution in [0.5, 0.6) is 0 Å². The minimum Gasteiger partial charge on any atom is -0.368 e. The van der Waals surface area contributed by atoms with E-state index in [1.54, 1.807) is 4.90 Å². The van der Waals surface area contributed by atoms with Crippen LogP contribution in [0.1, 0.15) is 12.8 Å². The Kier molecular flexibility index (Phi) is 4.01. The van der Waals surface area contributed by atoms with Crippen molar-refractivity contribution in [1.82, 2.24) is 10.2 Å². The number of piperazine rings is 1. The van der Waals surface area contributed by atoms with Gasteiger partial charge >= 0.3 is 11.8 Å². The quantitative estimate of drug-likeness (QED) is 0.837. The maximum Gasteiger partial charge on any atom is 0.312 e. The standard InChI is InChI=1S/C15H18ClN3O2/c16-11-2-1-3-13(10-11)18-6-8-19(9-7-18)15(21)14(20)17-12-4-5-12/h1-3,10,12H,4-9H2,(H,17,20). The molecular formula is C15H18ClN3O2. The highest BCUT2D eigenvalue weighted by Gasteiger charge is 2.30. The third-order valence-corrected chi connectivity index (χ3v) is 4.08. The van der Waals surface area contributed by atoms with Crippen LogP contribution in [-0.2, 0) is 9.59 Å². The first-order valence-corrected chi connectivity index (χ1v) is 7.61. The molecule has 0 aromatic heterocycles. The number of benzene rings is 1. The lowest BCUT2D eigenvalue weighted by atomic mass is 10.2. The summed E-state index contributed by atoms with van der Waals surface area (Å²) < 4.78 is 0. The van der Waals surface area contributed by atoms with Crippen molar-refractivity contribution in [1.29, 1.82) is 0 Å². The molecule has 5 nitrogen and oxygen atoms in total. The van der Waals surface area contributed by atoms with E-state index in [1.165, 1.54) is 0 Å². The predicted molar refractivity (Wildman–Crippen MR) is 81.4 cm³/mol. The minimum atomic E-state index is -0.464. The van der Waals surface area contributed by atoms with E-state index in [1.807, 2.05) is 24.3 Å². The van der Waals surface area contributed by atoms with E-state index in [4.69, 9.17) is 11.6 Å². The molecule has 3 rings (SSSR count). The zero-order chi connectivity index (χ0) is 14.8. The number of amides is 2. The number of carbonyl (C=O) groups excluding carboxylic acids is 2. The normalized spacial score (nSPS) is 18.5. The summed E-state index contributed by atoms with van der Waals surface area (Å²) in [7, 11) is 0. The molecule has 6 heteroatoms. The van der Waals surface area contributed by atoms with Crippen molar-refractivity contribution in [2.24, 2.45) is 0 Å². The van der Waals surface area contributed by atoms with Gasteiger partial charge in [0.1, 0.15) is 0 Å². The first kappa shape index (κ1) is 14.2. The molecule has 2 fully saturated rings. The molecule has 1 aliphatic heterocycles. The largest absolute Gasteiger partial charge is 0.368 e. The molecule has 1 saturated carbocycles. The van der Waals surface area contributed by atoms with Crippen molar-refractivity contribution in [2.45, 2.75) is 18.9 Å².